The van der Waals surface area contributed by atoms with Gasteiger partial charge < -0.3 is 53.1 Å². The number of thiophene rings is 4. The Balaban J connectivity index is 0.000000197. The maximum absolute atomic E-state index is 15.1. The SMILES string of the molecule is C=O.CC(C)(C)c1ccc2[nH]c3ccc(C(C)(C)C)cc3c2c1.CC(C)(C)c1ccc2c(c1)c1cc(C(C)(C)C)ccc1n2-c1scc(-c2cc(F)ccc2OCCCCOc2ccc(F)cc2-c2csc(-n3c4ccc(C(C)(C)C)cc4c4cc(C(C)(C)C)ccc43)c2O)c1O.CCOCOc1c(-c2cc(F)ccc2OCCCCOc2ccc(F)cc2-c2csc(Br)c2OCC)csc1Br. The standard InChI is InChI=1S/C64H66F2N2O4S2.C29H28Br2F2O5S2.C20H25N.CH2O/c1-61(2,3)37-15-21-51-43(29-37)44-30-38(62(4,5)6)16-22-52(44)67(51)59-57(69)49(35-73-59)47-33-41(65)19-25-55(47)71-27-13-14-28-72-56-26-20-42(66)34-48(56)50-36-74-60(58(50)70)68-53-23-17-39(63(7,8)9)31-45(53)46-32-40(64(10,11)12)18-24-54(46)68;1-3-34-17-38-27-23(16-40-29(27)31)21-14-19(33)8-10-25(21)37-12-6-5-11-36-24-9-7-18(32)13-20(24)22-15-39-28(30)26(22)35-4-2;1-19(2,3)13-7-9-17-15(11-13)16-12-14(20(4,5)6)8-10-18(16)21-17;1-2/h15-26,29-36,69-70H,13-14,27-28H2,1-12H3;7-10,13-16H,3-6,11-12,17H2,1-2H3;7-12,21H,1-6H3;1H2. The highest BCUT2D eigenvalue weighted by atomic mass is 79.9. The summed E-state index contributed by atoms with van der Waals surface area (Å²) in [7, 11) is 0. The van der Waals surface area contributed by atoms with Crippen molar-refractivity contribution in [1.82, 2.24) is 14.1 Å². The Labute approximate surface area is 834 Å². The van der Waals surface area contributed by atoms with Crippen molar-refractivity contribution in [2.24, 2.45) is 0 Å². The van der Waals surface area contributed by atoms with Gasteiger partial charge in [0, 0.05) is 116 Å². The number of halogens is 6. The second-order valence-electron chi connectivity index (χ2n) is 40.4. The van der Waals surface area contributed by atoms with Gasteiger partial charge in [-0.1, -0.05) is 161 Å². The van der Waals surface area contributed by atoms with E-state index in [-0.39, 0.29) is 62.4 Å². The molecule has 17 rings (SSSR count). The van der Waals surface area contributed by atoms with E-state index in [9.17, 15) is 19.0 Å². The lowest BCUT2D eigenvalue weighted by Crippen LogP contribution is -2.10. The molecule has 13 nitrogen and oxygen atoms in total. The van der Waals surface area contributed by atoms with Gasteiger partial charge in [-0.15, -0.1) is 45.3 Å². The molecular formula is C114H121Br2F4N3O10S4. The van der Waals surface area contributed by atoms with E-state index in [1.807, 2.05) is 42.2 Å². The first-order chi connectivity index (χ1) is 65.0. The lowest BCUT2D eigenvalue weighted by molar-refractivity contribution is -0.0980. The van der Waals surface area contributed by atoms with Crippen molar-refractivity contribution in [3.63, 3.8) is 0 Å². The molecule has 23 heteroatoms. The summed E-state index contributed by atoms with van der Waals surface area (Å²) in [6.07, 6.45) is 2.59. The van der Waals surface area contributed by atoms with Crippen molar-refractivity contribution in [3.8, 4) is 101 Å². The Morgan fingerprint density at radius 3 is 0.861 bits per heavy atom. The molecule has 0 saturated heterocycles. The van der Waals surface area contributed by atoms with Crippen molar-refractivity contribution in [2.45, 2.75) is 197 Å². The van der Waals surface area contributed by atoms with E-state index in [2.05, 4.69) is 280 Å². The maximum Gasteiger partial charge on any atom is 0.189 e. The fourth-order valence-corrected chi connectivity index (χ4v) is 21.3. The van der Waals surface area contributed by atoms with E-state index in [0.717, 1.165) is 62.3 Å². The summed E-state index contributed by atoms with van der Waals surface area (Å²) in [5.74, 6) is 1.82. The van der Waals surface area contributed by atoms with Crippen LogP contribution in [-0.4, -0.2) is 77.6 Å². The summed E-state index contributed by atoms with van der Waals surface area (Å²) in [5, 5.41) is 40.2. The molecule has 0 unspecified atom stereocenters. The molecule has 0 aliphatic rings. The van der Waals surface area contributed by atoms with Gasteiger partial charge in [0.05, 0.1) is 55.1 Å². The number of aromatic hydroxyl groups is 2. The molecule has 7 heterocycles. The summed E-state index contributed by atoms with van der Waals surface area (Å²) in [5.41, 5.74) is 18.8. The van der Waals surface area contributed by atoms with Gasteiger partial charge in [-0.25, -0.2) is 17.6 Å². The first kappa shape index (κ1) is 102. The molecule has 0 aliphatic carbocycles. The van der Waals surface area contributed by atoms with Gasteiger partial charge in [-0.05, 0) is 283 Å². The third-order valence-electron chi connectivity index (χ3n) is 24.4. The molecule has 17 aromatic rings. The van der Waals surface area contributed by atoms with Crippen LogP contribution in [0.1, 0.15) is 198 Å². The van der Waals surface area contributed by atoms with E-state index >= 15 is 8.78 Å². The van der Waals surface area contributed by atoms with Crippen molar-refractivity contribution < 1.29 is 65.7 Å². The molecule has 10 aromatic carbocycles. The van der Waals surface area contributed by atoms with Crippen molar-refractivity contribution in [2.75, 3.05) is 46.4 Å². The third-order valence-corrected chi connectivity index (χ3v) is 29.7. The Morgan fingerprint density at radius 1 is 0.321 bits per heavy atom. The molecule has 0 saturated carbocycles. The predicted octanol–water partition coefficient (Wildman–Crippen LogP) is 34.1. The number of H-pyrrole nitrogens is 1. The smallest absolute Gasteiger partial charge is 0.189 e. The summed E-state index contributed by atoms with van der Waals surface area (Å²) in [6, 6.07) is 57.6. The van der Waals surface area contributed by atoms with Crippen LogP contribution in [0.5, 0.6) is 46.0 Å². The van der Waals surface area contributed by atoms with E-state index in [1.165, 1.54) is 149 Å². The molecule has 0 amide bonds. The zero-order valence-corrected chi connectivity index (χ0v) is 88.0. The lowest BCUT2D eigenvalue weighted by Gasteiger charge is -2.19. The summed E-state index contributed by atoms with van der Waals surface area (Å²) < 4.78 is 106. The first-order valence-corrected chi connectivity index (χ1v) is 51.3. The van der Waals surface area contributed by atoms with Crippen molar-refractivity contribution >= 4 is 149 Å². The highest BCUT2D eigenvalue weighted by Gasteiger charge is 2.31. The van der Waals surface area contributed by atoms with Gasteiger partial charge in [0.1, 0.15) is 70.6 Å². The minimum atomic E-state index is -0.437. The van der Waals surface area contributed by atoms with Crippen LogP contribution >= 0.6 is 77.2 Å². The van der Waals surface area contributed by atoms with Gasteiger partial charge in [0.15, 0.2) is 29.8 Å². The fourth-order valence-electron chi connectivity index (χ4n) is 16.7. The minimum absolute atomic E-state index is 0.0516. The van der Waals surface area contributed by atoms with Crippen LogP contribution in [0.3, 0.4) is 0 Å². The fraction of sp³-hybridized carbons (Fsp3) is 0.325. The number of nitrogens with one attached hydrogen (secondary N) is 1. The number of fused-ring (bicyclic) bond motifs is 9. The zero-order chi connectivity index (χ0) is 98.7. The van der Waals surface area contributed by atoms with E-state index in [0.29, 0.717) is 143 Å². The average molecular weight is 2060 g/mol. The molecule has 3 N–H and O–H groups in total. The van der Waals surface area contributed by atoms with E-state index < -0.39 is 11.6 Å². The largest absolute Gasteiger partial charge is 0.504 e. The zero-order valence-electron chi connectivity index (χ0n) is 81.6. The number of ether oxygens (including phenoxy) is 7. The number of hydrogen-bond donors (Lipinski definition) is 3. The molecule has 718 valence electrons. The molecule has 0 fully saturated rings. The number of nitrogens with zero attached hydrogens (tertiary/aromatic N) is 2. The van der Waals surface area contributed by atoms with Crippen molar-refractivity contribution in [3.05, 3.63) is 268 Å². The molecule has 0 bridgehead atoms. The first-order valence-electron chi connectivity index (χ1n) is 46.2. The topological polar surface area (TPSA) is 148 Å². The Morgan fingerprint density at radius 2 is 0.584 bits per heavy atom. The molecule has 0 atom stereocenters. The molecule has 0 spiro atoms. The van der Waals surface area contributed by atoms with Crippen LogP contribution in [0, 0.1) is 23.3 Å². The number of aromatic amines is 1. The summed E-state index contributed by atoms with van der Waals surface area (Å²) in [4.78, 5) is 11.5. The Hall–Kier alpha value is -10.9. The Bertz CT molecular complexity index is 6760. The number of hydrogen-bond acceptors (Lipinski definition) is 14. The molecule has 137 heavy (non-hydrogen) atoms. The highest BCUT2D eigenvalue weighted by Crippen LogP contribution is 2.53. The number of aromatic nitrogens is 3. The van der Waals surface area contributed by atoms with Crippen LogP contribution in [-0.2, 0) is 42.0 Å². The third kappa shape index (κ3) is 22.7. The van der Waals surface area contributed by atoms with Gasteiger partial charge >= 0.3 is 0 Å². The van der Waals surface area contributed by atoms with Crippen LogP contribution < -0.4 is 28.4 Å². The normalized spacial score (nSPS) is 12.2. The molecule has 7 aromatic heterocycles. The van der Waals surface area contributed by atoms with Gasteiger partial charge in [0.2, 0.25) is 0 Å². The quantitative estimate of drug-likeness (QED) is 0.0272. The minimum Gasteiger partial charge on any atom is -0.504 e. The number of carbonyl (C=O) groups is 1. The van der Waals surface area contributed by atoms with Crippen LogP contribution in [0.15, 0.2) is 211 Å². The molecule has 0 aliphatic heterocycles. The van der Waals surface area contributed by atoms with Crippen LogP contribution in [0.4, 0.5) is 17.6 Å². The Kier molecular flexibility index (Phi) is 31.3. The van der Waals surface area contributed by atoms with Crippen molar-refractivity contribution in [1.29, 1.82) is 0 Å². The summed E-state index contributed by atoms with van der Waals surface area (Å²) >= 11 is 12.8. The highest BCUT2D eigenvalue weighted by molar-refractivity contribution is 9.11. The van der Waals surface area contributed by atoms with Gasteiger partial charge in [-0.3, -0.25) is 9.13 Å². The number of rotatable bonds is 26. The second-order valence-corrected chi connectivity index (χ2v) is 46.5. The number of unbranched alkanes of at least 4 members (excludes halogenated alkanes) is 2. The molecule has 0 radical (unpaired) electrons. The van der Waals surface area contributed by atoms with Crippen LogP contribution in [0.25, 0.3) is 120 Å². The monoisotopic (exact) mass is 2050 g/mol. The molecular weight excluding hydrogens is 1940 g/mol. The predicted molar refractivity (Wildman–Crippen MR) is 570 cm³/mol. The van der Waals surface area contributed by atoms with Gasteiger partial charge in [0.25, 0.3) is 0 Å². The van der Waals surface area contributed by atoms with E-state index in [1.54, 1.807) is 24.3 Å². The maximum atomic E-state index is 15.1. The lowest BCUT2D eigenvalue weighted by atomic mass is 9.85. The average Bonchev–Trinajstić information content (AvgIpc) is 1.57. The summed E-state index contributed by atoms with van der Waals surface area (Å²) in [6.45, 7) is 48.5. The van der Waals surface area contributed by atoms with E-state index in [4.69, 9.17) is 38.0 Å². The van der Waals surface area contributed by atoms with Crippen LogP contribution in [0.2, 0.25) is 0 Å². The van der Waals surface area contributed by atoms with Gasteiger partial charge in [-0.2, -0.15) is 0 Å². The number of carbonyl (C=O) groups excluding carboxylic acids is 1. The second kappa shape index (κ2) is 42.0. The number of benzene rings is 10.